The molecular weight excluding hydrogens is 290 g/mol. The zero-order valence-electron chi connectivity index (χ0n) is 12.4. The maximum atomic E-state index is 12.1. The molecule has 1 fully saturated rings. The predicted octanol–water partition coefficient (Wildman–Crippen LogP) is 0.776. The fourth-order valence-corrected chi connectivity index (χ4v) is 2.17. The average Bonchev–Trinajstić information content (AvgIpc) is 2.55. The summed E-state index contributed by atoms with van der Waals surface area (Å²) in [5, 5.41) is 8.92. The van der Waals surface area contributed by atoms with Crippen molar-refractivity contribution in [3.8, 4) is 11.5 Å². The van der Waals surface area contributed by atoms with Crippen molar-refractivity contribution in [2.75, 3.05) is 33.4 Å². The third-order valence-corrected chi connectivity index (χ3v) is 3.34. The summed E-state index contributed by atoms with van der Waals surface area (Å²) in [5.41, 5.74) is 0. The van der Waals surface area contributed by atoms with Crippen molar-refractivity contribution in [3.63, 3.8) is 0 Å². The van der Waals surface area contributed by atoms with Crippen molar-refractivity contribution in [2.45, 2.75) is 12.5 Å². The maximum absolute atomic E-state index is 12.1. The van der Waals surface area contributed by atoms with Crippen LogP contribution in [0.2, 0.25) is 0 Å². The molecule has 0 aliphatic carbocycles. The van der Waals surface area contributed by atoms with Gasteiger partial charge in [-0.3, -0.25) is 4.79 Å². The van der Waals surface area contributed by atoms with Crippen molar-refractivity contribution in [1.82, 2.24) is 4.90 Å². The molecule has 1 atom stereocenters. The molecule has 0 radical (unpaired) electrons. The molecule has 22 heavy (non-hydrogen) atoms. The third-order valence-electron chi connectivity index (χ3n) is 3.34. The van der Waals surface area contributed by atoms with Crippen LogP contribution in [0.25, 0.3) is 0 Å². The second-order valence-electron chi connectivity index (χ2n) is 4.79. The minimum atomic E-state index is -1.05. The number of nitrogens with zero attached hydrogens (tertiary/aromatic N) is 1. The van der Waals surface area contributed by atoms with E-state index in [1.807, 2.05) is 12.1 Å². The summed E-state index contributed by atoms with van der Waals surface area (Å²) in [6.45, 7) is 0.907. The molecule has 1 aromatic rings. The number of hydrogen-bond acceptors (Lipinski definition) is 5. The fraction of sp³-hybridized carbons (Fsp3) is 0.467. The van der Waals surface area contributed by atoms with E-state index < -0.39 is 12.1 Å². The standard InChI is InChI=1S/C15H19NO6/c1-20-11-4-2-3-5-12(11)21-8-6-14(17)16-7-9-22-13(10-16)15(18)19/h2-5,13H,6-10H2,1H3,(H,18,19)/t13-/m0/s1. The van der Waals surface area contributed by atoms with Crippen LogP contribution in [0.15, 0.2) is 24.3 Å². The summed E-state index contributed by atoms with van der Waals surface area (Å²) in [6, 6.07) is 7.19. The minimum absolute atomic E-state index is 0.0722. The van der Waals surface area contributed by atoms with Gasteiger partial charge in [-0.05, 0) is 12.1 Å². The van der Waals surface area contributed by atoms with Gasteiger partial charge < -0.3 is 24.2 Å². The number of methoxy groups -OCH3 is 1. The molecule has 0 bridgehead atoms. The molecule has 7 heteroatoms. The van der Waals surface area contributed by atoms with E-state index in [4.69, 9.17) is 19.3 Å². The van der Waals surface area contributed by atoms with E-state index in [0.717, 1.165) is 0 Å². The Morgan fingerprint density at radius 3 is 2.77 bits per heavy atom. The van der Waals surface area contributed by atoms with Gasteiger partial charge in [0.05, 0.1) is 33.3 Å². The number of carbonyl (C=O) groups is 2. The molecule has 2 rings (SSSR count). The largest absolute Gasteiger partial charge is 0.493 e. The Hall–Kier alpha value is -2.28. The Morgan fingerprint density at radius 1 is 1.36 bits per heavy atom. The lowest BCUT2D eigenvalue weighted by atomic mass is 10.2. The zero-order chi connectivity index (χ0) is 15.9. The SMILES string of the molecule is COc1ccccc1OCCC(=O)N1CCO[C@H](C(=O)O)C1. The van der Waals surface area contributed by atoms with Crippen LogP contribution in [0.5, 0.6) is 11.5 Å². The van der Waals surface area contributed by atoms with Crippen molar-refractivity contribution < 1.29 is 28.9 Å². The number of rotatable bonds is 6. The molecule has 0 saturated carbocycles. The van der Waals surface area contributed by atoms with Crippen LogP contribution < -0.4 is 9.47 Å². The number of carboxylic acids is 1. The third kappa shape index (κ3) is 4.11. The first-order valence-corrected chi connectivity index (χ1v) is 7.00. The zero-order valence-corrected chi connectivity index (χ0v) is 12.4. The van der Waals surface area contributed by atoms with E-state index in [-0.39, 0.29) is 32.1 Å². The molecule has 1 aliphatic rings. The van der Waals surface area contributed by atoms with Crippen molar-refractivity contribution in [2.24, 2.45) is 0 Å². The Labute approximate surface area is 128 Å². The molecule has 120 valence electrons. The Bertz CT molecular complexity index is 533. The number of hydrogen-bond donors (Lipinski definition) is 1. The van der Waals surface area contributed by atoms with Crippen LogP contribution in [0.3, 0.4) is 0 Å². The maximum Gasteiger partial charge on any atom is 0.334 e. The highest BCUT2D eigenvalue weighted by molar-refractivity contribution is 5.78. The summed E-state index contributed by atoms with van der Waals surface area (Å²) in [7, 11) is 1.55. The number of para-hydroxylation sites is 2. The lowest BCUT2D eigenvalue weighted by molar-refractivity contribution is -0.159. The van der Waals surface area contributed by atoms with Crippen molar-refractivity contribution in [1.29, 1.82) is 0 Å². The van der Waals surface area contributed by atoms with Crippen LogP contribution in [-0.4, -0.2) is 61.4 Å². The van der Waals surface area contributed by atoms with Crippen LogP contribution in [0, 0.1) is 0 Å². The van der Waals surface area contributed by atoms with Gasteiger partial charge >= 0.3 is 5.97 Å². The highest BCUT2D eigenvalue weighted by Crippen LogP contribution is 2.25. The Balaban J connectivity index is 1.81. The lowest BCUT2D eigenvalue weighted by Crippen LogP contribution is -2.48. The number of carbonyl (C=O) groups excluding carboxylic acids is 1. The van der Waals surface area contributed by atoms with Crippen LogP contribution in [0.4, 0.5) is 0 Å². The van der Waals surface area contributed by atoms with Crippen LogP contribution in [-0.2, 0) is 14.3 Å². The summed E-state index contributed by atoms with van der Waals surface area (Å²) in [4.78, 5) is 24.5. The quantitative estimate of drug-likeness (QED) is 0.835. The van der Waals surface area contributed by atoms with E-state index >= 15 is 0 Å². The Kier molecular flexibility index (Phi) is 5.60. The highest BCUT2D eigenvalue weighted by atomic mass is 16.5. The van der Waals surface area contributed by atoms with Crippen LogP contribution in [0.1, 0.15) is 6.42 Å². The van der Waals surface area contributed by atoms with Gasteiger partial charge in [-0.15, -0.1) is 0 Å². The second kappa shape index (κ2) is 7.65. The van der Waals surface area contributed by atoms with Crippen molar-refractivity contribution >= 4 is 11.9 Å². The molecule has 0 aromatic heterocycles. The average molecular weight is 309 g/mol. The monoisotopic (exact) mass is 309 g/mol. The molecule has 0 spiro atoms. The highest BCUT2D eigenvalue weighted by Gasteiger charge is 2.28. The first-order chi connectivity index (χ1) is 10.6. The molecular formula is C15H19NO6. The molecule has 1 aliphatic heterocycles. The molecule has 1 N–H and O–H groups in total. The van der Waals surface area contributed by atoms with Gasteiger partial charge in [0.2, 0.25) is 5.91 Å². The van der Waals surface area contributed by atoms with Gasteiger partial charge in [-0.2, -0.15) is 0 Å². The second-order valence-corrected chi connectivity index (χ2v) is 4.79. The predicted molar refractivity (Wildman–Crippen MR) is 77.1 cm³/mol. The Morgan fingerprint density at radius 2 is 2.09 bits per heavy atom. The summed E-state index contributed by atoms with van der Waals surface area (Å²) in [5.74, 6) is -0.0253. The number of amides is 1. The van der Waals surface area contributed by atoms with Gasteiger partial charge in [-0.1, -0.05) is 12.1 Å². The number of benzene rings is 1. The number of morpholine rings is 1. The van der Waals surface area contributed by atoms with Gasteiger partial charge in [-0.25, -0.2) is 4.79 Å². The molecule has 1 saturated heterocycles. The first-order valence-electron chi connectivity index (χ1n) is 7.00. The summed E-state index contributed by atoms with van der Waals surface area (Å²) < 4.78 is 15.8. The fourth-order valence-electron chi connectivity index (χ4n) is 2.17. The number of ether oxygens (including phenoxy) is 3. The van der Waals surface area contributed by atoms with Gasteiger partial charge in [0.15, 0.2) is 17.6 Å². The van der Waals surface area contributed by atoms with E-state index in [9.17, 15) is 9.59 Å². The van der Waals surface area contributed by atoms with Crippen LogP contribution >= 0.6 is 0 Å². The lowest BCUT2D eigenvalue weighted by Gasteiger charge is -2.30. The molecule has 1 heterocycles. The van der Waals surface area contributed by atoms with E-state index in [0.29, 0.717) is 18.0 Å². The smallest absolute Gasteiger partial charge is 0.334 e. The van der Waals surface area contributed by atoms with E-state index in [1.54, 1.807) is 19.2 Å². The topological polar surface area (TPSA) is 85.3 Å². The normalized spacial score (nSPS) is 17.9. The van der Waals surface area contributed by atoms with Gasteiger partial charge in [0.25, 0.3) is 0 Å². The van der Waals surface area contributed by atoms with Gasteiger partial charge in [0, 0.05) is 6.54 Å². The first kappa shape index (κ1) is 16.1. The summed E-state index contributed by atoms with van der Waals surface area (Å²) in [6.07, 6.45) is -0.780. The minimum Gasteiger partial charge on any atom is -0.493 e. The number of aliphatic carboxylic acids is 1. The van der Waals surface area contributed by atoms with Gasteiger partial charge in [0.1, 0.15) is 0 Å². The van der Waals surface area contributed by atoms with E-state index in [1.165, 1.54) is 4.90 Å². The summed E-state index contributed by atoms with van der Waals surface area (Å²) >= 11 is 0. The molecule has 0 unspecified atom stereocenters. The van der Waals surface area contributed by atoms with E-state index in [2.05, 4.69) is 0 Å². The number of carboxylic acid groups (broad SMARTS) is 1. The van der Waals surface area contributed by atoms with Crippen molar-refractivity contribution in [3.05, 3.63) is 24.3 Å². The molecule has 1 aromatic carbocycles. The molecule has 1 amide bonds. The molecule has 7 nitrogen and oxygen atoms in total.